The van der Waals surface area contributed by atoms with Crippen LogP contribution in [0.25, 0.3) is 11.3 Å². The van der Waals surface area contributed by atoms with Crippen molar-refractivity contribution in [3.63, 3.8) is 0 Å². The zero-order valence-electron chi connectivity index (χ0n) is 81.0. The highest BCUT2D eigenvalue weighted by atomic mass is 15.1. The van der Waals surface area contributed by atoms with Crippen LogP contribution in [0, 0.1) is 0 Å². The van der Waals surface area contributed by atoms with Crippen LogP contribution >= 0.6 is 0 Å². The maximum atomic E-state index is 4.32. The largest absolute Gasteiger partial charge is 0.309 e. The summed E-state index contributed by atoms with van der Waals surface area (Å²) in [6.07, 6.45) is 27.4. The Balaban J connectivity index is -0.0000000730. The van der Waals surface area contributed by atoms with Crippen molar-refractivity contribution in [2.75, 3.05) is 0 Å². The second kappa shape index (κ2) is 134. The van der Waals surface area contributed by atoms with E-state index in [0.717, 1.165) is 99.3 Å². The number of nitrogens with zero attached hydrogens (tertiary/aromatic N) is 8. The summed E-state index contributed by atoms with van der Waals surface area (Å²) in [5.74, 6) is 1.18. The van der Waals surface area contributed by atoms with E-state index in [1.165, 1.54) is 50.5 Å². The number of hydrogen-bond acceptors (Lipinski definition) is 7. The van der Waals surface area contributed by atoms with Gasteiger partial charge in [0.1, 0.15) is 11.5 Å². The lowest BCUT2D eigenvalue weighted by Gasteiger charge is -2.17. The number of aliphatic imine (C=N–C) groups is 4. The van der Waals surface area contributed by atoms with Gasteiger partial charge in [-0.15, -0.1) is 105 Å². The highest BCUT2D eigenvalue weighted by molar-refractivity contribution is 5.75. The zero-order valence-corrected chi connectivity index (χ0v) is 81.0. The van der Waals surface area contributed by atoms with Crippen molar-refractivity contribution in [2.45, 2.75) is 279 Å². The minimum Gasteiger partial charge on any atom is -0.309 e. The second-order valence-corrected chi connectivity index (χ2v) is 17.2. The number of aromatic nitrogens is 4. The first kappa shape index (κ1) is 141. The molecule has 0 atom stereocenters. The number of fused-ring (bicyclic) bond motifs is 9. The number of rotatable bonds is 0. The summed E-state index contributed by atoms with van der Waals surface area (Å²) >= 11 is 0. The Morgan fingerprint density at radius 2 is 0.526 bits per heavy atom. The van der Waals surface area contributed by atoms with Crippen molar-refractivity contribution < 1.29 is 0 Å². The summed E-state index contributed by atoms with van der Waals surface area (Å²) in [5.41, 5.74) is 16.7. The van der Waals surface area contributed by atoms with Crippen LogP contribution in [0.3, 0.4) is 0 Å². The van der Waals surface area contributed by atoms with Gasteiger partial charge >= 0.3 is 0 Å². The molecule has 654 valence electrons. The van der Waals surface area contributed by atoms with E-state index in [4.69, 9.17) is 0 Å². The van der Waals surface area contributed by atoms with Crippen LogP contribution in [0.5, 0.6) is 0 Å². The molecule has 0 saturated carbocycles. The van der Waals surface area contributed by atoms with Crippen LogP contribution in [-0.4, -0.2) is 43.8 Å². The third-order valence-electron chi connectivity index (χ3n) is 12.5. The Kier molecular flexibility index (Phi) is 163. The molecule has 6 aliphatic rings. The number of aryl methyl sites for hydroxylation is 5. The molecule has 0 amide bonds. The van der Waals surface area contributed by atoms with Crippen molar-refractivity contribution in [2.24, 2.45) is 20.0 Å². The summed E-state index contributed by atoms with van der Waals surface area (Å²) in [7, 11) is 0. The molecule has 0 saturated heterocycles. The number of hydrogen-bond donors (Lipinski definition) is 1. The molecule has 0 fully saturated rings. The van der Waals surface area contributed by atoms with Crippen molar-refractivity contribution >= 4 is 53.3 Å². The number of pyridine rings is 1. The van der Waals surface area contributed by atoms with Gasteiger partial charge in [0.2, 0.25) is 0 Å². The monoisotopic (exact) mass is 1590 g/mol. The molecule has 0 unspecified atom stereocenters. The molecular formula is C107H181N9. The lowest BCUT2D eigenvalue weighted by atomic mass is 10.0. The number of nitrogens with one attached hydrogen (secondary N) is 1. The lowest BCUT2D eigenvalue weighted by molar-refractivity contribution is 0.765. The van der Waals surface area contributed by atoms with E-state index in [9.17, 15) is 0 Å². The first-order chi connectivity index (χ1) is 57.7. The molecule has 0 bridgehead atoms. The molecule has 9 heteroatoms. The van der Waals surface area contributed by atoms with E-state index in [0.29, 0.717) is 0 Å². The van der Waals surface area contributed by atoms with Crippen LogP contribution < -0.4 is 5.32 Å². The molecule has 9 aromatic rings. The highest BCUT2D eigenvalue weighted by Gasteiger charge is 2.14. The molecule has 6 aliphatic heterocycles. The molecule has 0 aliphatic carbocycles. The summed E-state index contributed by atoms with van der Waals surface area (Å²) in [4.78, 5) is 25.4. The fourth-order valence-corrected chi connectivity index (χ4v) is 8.79. The summed E-state index contributed by atoms with van der Waals surface area (Å²) in [6, 6.07) is 56.1. The Hall–Kier alpha value is -10.2. The first-order valence-corrected chi connectivity index (χ1v) is 43.4. The maximum Gasteiger partial charge on any atom is 0.136 e. The minimum atomic E-state index is 0.998. The number of benzene rings is 6. The van der Waals surface area contributed by atoms with Crippen molar-refractivity contribution in [3.8, 4) is 5.69 Å². The molecule has 9 heterocycles. The van der Waals surface area contributed by atoms with E-state index in [1.807, 2.05) is 316 Å². The van der Waals surface area contributed by atoms with Gasteiger partial charge in [0.25, 0.3) is 0 Å². The Labute approximate surface area is 722 Å². The SMILES string of the molecule is C1=Nc2ccccc2C1.C1=Nc2ccccc2CC1.C1=Nc2ccccc2CC1.C1=Nc2ccccc2CC1.C=C.C=C.C=C.C=C.C=C.C=C.C=C.C=C.CC.CC.CC.CC.CC.CC.CC.CC.CC.CC.CC.CC.CC.CC.CC.c1ccc2c(c1)CCc1nccn1-2.c1ccc2c(c1)CNC2.c1ccn2ccnc2c1. The number of para-hydroxylation sites is 5. The highest BCUT2D eigenvalue weighted by Crippen LogP contribution is 2.26. The van der Waals surface area contributed by atoms with Gasteiger partial charge in [-0.25, -0.2) is 9.97 Å². The van der Waals surface area contributed by atoms with Crippen LogP contribution in [-0.2, 0) is 51.6 Å². The standard InChI is InChI=1S/C11H10N2.3C9H9N.C8H9N.C8H7N.C7H6N2.15C2H6.8C2H4/c1-2-4-10-9(3-1)5-6-11-12-7-8-13(10)11;3*1-2-6-9-8(4-1)5-3-7-10-9;1-2-4-8-6-9-5-7(8)3-1;1-2-4-8-7(3-1)5-6-9-8;1-2-5-9-6-4-8-7(9)3-1;23*1-2/h1-4,7-8H,5-6H2;3*1-2,4,6-7H,3,5H2;1-4,9H,5-6H2;1-4,6H,5H2;1-6H;15*1-2H3;8*1-2H2. The van der Waals surface area contributed by atoms with Crippen LogP contribution in [0.15, 0.2) is 320 Å². The third kappa shape index (κ3) is 70.4. The molecular weight excluding hydrogens is 1410 g/mol. The normalized spacial score (nSPS) is 9.47. The van der Waals surface area contributed by atoms with Gasteiger partial charge < -0.3 is 14.3 Å². The van der Waals surface area contributed by atoms with Gasteiger partial charge in [-0.05, 0) is 126 Å². The van der Waals surface area contributed by atoms with Crippen LogP contribution in [0.1, 0.15) is 272 Å². The topological polar surface area (TPSA) is 96.6 Å². The zero-order chi connectivity index (χ0) is 93.4. The molecule has 6 aromatic carbocycles. The van der Waals surface area contributed by atoms with Gasteiger partial charge in [-0.3, -0.25) is 20.0 Å². The van der Waals surface area contributed by atoms with Crippen LogP contribution in [0.2, 0.25) is 0 Å². The molecule has 116 heavy (non-hydrogen) atoms. The first-order valence-electron chi connectivity index (χ1n) is 43.4. The molecule has 0 radical (unpaired) electrons. The Bertz CT molecular complexity index is 3140. The predicted octanol–water partition coefficient (Wildman–Crippen LogP) is 35.4. The smallest absolute Gasteiger partial charge is 0.136 e. The van der Waals surface area contributed by atoms with Gasteiger partial charge in [-0.1, -0.05) is 329 Å². The van der Waals surface area contributed by atoms with Gasteiger partial charge in [0.15, 0.2) is 0 Å². The van der Waals surface area contributed by atoms with E-state index >= 15 is 0 Å². The van der Waals surface area contributed by atoms with E-state index in [-0.39, 0.29) is 0 Å². The van der Waals surface area contributed by atoms with E-state index in [2.05, 4.69) is 254 Å². The van der Waals surface area contributed by atoms with Crippen molar-refractivity contribution in [3.05, 3.63) is 345 Å². The Morgan fingerprint density at radius 1 is 0.250 bits per heavy atom. The number of imidazole rings is 2. The molecule has 1 N–H and O–H groups in total. The van der Waals surface area contributed by atoms with Gasteiger partial charge in [0, 0.05) is 87.5 Å². The molecule has 3 aromatic heterocycles. The summed E-state index contributed by atoms with van der Waals surface area (Å²) in [5, 5.41) is 3.29. The molecule has 15 rings (SSSR count). The average Bonchev–Trinajstić information content (AvgIpc) is 1.73. The Morgan fingerprint density at radius 3 is 0.853 bits per heavy atom. The van der Waals surface area contributed by atoms with Gasteiger partial charge in [0.05, 0.1) is 22.7 Å². The fourth-order valence-electron chi connectivity index (χ4n) is 8.79. The summed E-state index contributed by atoms with van der Waals surface area (Å²) < 4.78 is 4.15. The third-order valence-corrected chi connectivity index (χ3v) is 12.5. The molecule has 0 spiro atoms. The maximum absolute atomic E-state index is 4.32. The lowest BCUT2D eigenvalue weighted by Crippen LogP contribution is -2.11. The van der Waals surface area contributed by atoms with Crippen LogP contribution in [0.4, 0.5) is 22.7 Å². The average molecular weight is 1590 g/mol. The van der Waals surface area contributed by atoms with Crippen molar-refractivity contribution in [1.82, 2.24) is 24.3 Å². The van der Waals surface area contributed by atoms with E-state index in [1.54, 1.807) is 6.20 Å². The minimum absolute atomic E-state index is 0.998. The second-order valence-electron chi connectivity index (χ2n) is 17.2. The van der Waals surface area contributed by atoms with E-state index < -0.39 is 0 Å². The van der Waals surface area contributed by atoms with Crippen molar-refractivity contribution in [1.29, 1.82) is 0 Å². The quantitative estimate of drug-likeness (QED) is 0.153. The summed E-state index contributed by atoms with van der Waals surface area (Å²) in [6.45, 7) is 110. The predicted molar refractivity (Wildman–Crippen MR) is 550 cm³/mol. The molecule has 9 nitrogen and oxygen atoms in total. The fraction of sp³-hybridized carbons (Fsp3) is 0.383. The van der Waals surface area contributed by atoms with Gasteiger partial charge in [-0.2, -0.15) is 0 Å².